The van der Waals surface area contributed by atoms with Crippen molar-refractivity contribution in [2.24, 2.45) is 5.84 Å². The molecule has 0 spiro atoms. The van der Waals surface area contributed by atoms with Gasteiger partial charge in [0, 0.05) is 21.1 Å². The maximum Gasteiger partial charge on any atom is 0.443 e. The maximum atomic E-state index is 12.6. The SMILES string of the molecule is NNC(c1cnc(C(F)(F)F)s1)c1ccc(Cl)cc1Cl. The highest BCUT2D eigenvalue weighted by molar-refractivity contribution is 7.11. The smallest absolute Gasteiger partial charge is 0.271 e. The molecule has 20 heavy (non-hydrogen) atoms. The molecule has 1 heterocycles. The standard InChI is InChI=1S/C11H8Cl2F3N3S/c12-5-1-2-6(7(13)3-5)9(19-17)8-4-18-10(20-8)11(14,15)16/h1-4,9,19H,17H2. The molecule has 2 rings (SSSR count). The van der Waals surface area contributed by atoms with Crippen molar-refractivity contribution >= 4 is 34.5 Å². The van der Waals surface area contributed by atoms with E-state index in [1.165, 1.54) is 6.07 Å². The first-order valence-electron chi connectivity index (χ1n) is 5.27. The number of benzene rings is 1. The highest BCUT2D eigenvalue weighted by Crippen LogP contribution is 2.37. The van der Waals surface area contributed by atoms with Gasteiger partial charge in [-0.15, -0.1) is 11.3 Å². The molecule has 0 aliphatic heterocycles. The molecule has 2 aromatic rings. The molecule has 0 radical (unpaired) electrons. The summed E-state index contributed by atoms with van der Waals surface area (Å²) < 4.78 is 37.7. The van der Waals surface area contributed by atoms with Gasteiger partial charge in [0.2, 0.25) is 0 Å². The highest BCUT2D eigenvalue weighted by atomic mass is 35.5. The van der Waals surface area contributed by atoms with Crippen LogP contribution in [0.2, 0.25) is 10.0 Å². The summed E-state index contributed by atoms with van der Waals surface area (Å²) in [6.07, 6.45) is -3.35. The van der Waals surface area contributed by atoms with Gasteiger partial charge in [-0.1, -0.05) is 29.3 Å². The summed E-state index contributed by atoms with van der Waals surface area (Å²) in [5.74, 6) is 5.42. The van der Waals surface area contributed by atoms with Gasteiger partial charge in [0.1, 0.15) is 0 Å². The predicted molar refractivity (Wildman–Crippen MR) is 72.7 cm³/mol. The molecule has 0 saturated carbocycles. The number of thiazole rings is 1. The number of hydrogen-bond donors (Lipinski definition) is 2. The van der Waals surface area contributed by atoms with Gasteiger partial charge >= 0.3 is 6.18 Å². The molecular formula is C11H8Cl2F3N3S. The molecule has 1 unspecified atom stereocenters. The lowest BCUT2D eigenvalue weighted by atomic mass is 10.1. The van der Waals surface area contributed by atoms with Crippen LogP contribution in [0.15, 0.2) is 24.4 Å². The zero-order valence-electron chi connectivity index (χ0n) is 9.71. The maximum absolute atomic E-state index is 12.6. The fourth-order valence-electron chi connectivity index (χ4n) is 1.61. The topological polar surface area (TPSA) is 50.9 Å². The zero-order valence-corrected chi connectivity index (χ0v) is 12.0. The van der Waals surface area contributed by atoms with Crippen LogP contribution in [0.1, 0.15) is 21.5 Å². The van der Waals surface area contributed by atoms with Gasteiger partial charge < -0.3 is 0 Å². The summed E-state index contributed by atoms with van der Waals surface area (Å²) in [5, 5.41) is -0.199. The van der Waals surface area contributed by atoms with Crippen molar-refractivity contribution in [3.63, 3.8) is 0 Å². The largest absolute Gasteiger partial charge is 0.443 e. The number of alkyl halides is 3. The molecule has 1 aromatic carbocycles. The van der Waals surface area contributed by atoms with E-state index in [2.05, 4.69) is 10.4 Å². The molecule has 0 fully saturated rings. The van der Waals surface area contributed by atoms with Gasteiger partial charge in [-0.05, 0) is 17.7 Å². The van der Waals surface area contributed by atoms with Crippen molar-refractivity contribution in [1.82, 2.24) is 10.4 Å². The third kappa shape index (κ3) is 3.24. The number of hydrazine groups is 1. The van der Waals surface area contributed by atoms with Gasteiger partial charge in [-0.3, -0.25) is 5.84 Å². The van der Waals surface area contributed by atoms with Gasteiger partial charge in [-0.2, -0.15) is 13.2 Å². The average Bonchev–Trinajstić information content (AvgIpc) is 2.82. The minimum Gasteiger partial charge on any atom is -0.271 e. The van der Waals surface area contributed by atoms with Crippen molar-refractivity contribution in [2.45, 2.75) is 12.2 Å². The number of nitrogens with two attached hydrogens (primary N) is 1. The van der Waals surface area contributed by atoms with E-state index in [0.29, 0.717) is 31.8 Å². The minimum absolute atomic E-state index is 0.308. The number of rotatable bonds is 3. The van der Waals surface area contributed by atoms with Gasteiger partial charge in [-0.25, -0.2) is 10.4 Å². The highest BCUT2D eigenvalue weighted by Gasteiger charge is 2.35. The molecule has 0 aliphatic rings. The predicted octanol–water partition coefficient (Wildman–Crippen LogP) is 4.02. The summed E-state index contributed by atoms with van der Waals surface area (Å²) in [6, 6.07) is 3.99. The van der Waals surface area contributed by atoms with Gasteiger partial charge in [0.15, 0.2) is 5.01 Å². The zero-order chi connectivity index (χ0) is 14.9. The van der Waals surface area contributed by atoms with Crippen LogP contribution in [-0.4, -0.2) is 4.98 Å². The third-order valence-corrected chi connectivity index (χ3v) is 4.16. The molecule has 1 atom stereocenters. The summed E-state index contributed by atoms with van der Waals surface area (Å²) in [7, 11) is 0. The lowest BCUT2D eigenvalue weighted by Gasteiger charge is -2.16. The Hall–Kier alpha value is -0.860. The molecule has 108 valence electrons. The molecule has 0 amide bonds. The second-order valence-electron chi connectivity index (χ2n) is 3.83. The summed E-state index contributed by atoms with van der Waals surface area (Å²) in [5.41, 5.74) is 2.96. The number of aromatic nitrogens is 1. The normalized spacial score (nSPS) is 13.5. The lowest BCUT2D eigenvalue weighted by Crippen LogP contribution is -2.28. The summed E-state index contributed by atoms with van der Waals surface area (Å²) in [6.45, 7) is 0. The second kappa shape index (κ2) is 5.87. The number of hydrogen-bond acceptors (Lipinski definition) is 4. The van der Waals surface area contributed by atoms with Crippen molar-refractivity contribution in [1.29, 1.82) is 0 Å². The Kier molecular flexibility index (Phi) is 4.55. The van der Waals surface area contributed by atoms with Crippen LogP contribution in [-0.2, 0) is 6.18 Å². The Labute approximate surface area is 126 Å². The molecule has 0 bridgehead atoms. The first-order chi connectivity index (χ1) is 9.32. The van der Waals surface area contributed by atoms with E-state index in [4.69, 9.17) is 29.0 Å². The monoisotopic (exact) mass is 341 g/mol. The number of halogens is 5. The second-order valence-corrected chi connectivity index (χ2v) is 5.74. The minimum atomic E-state index is -4.48. The Morgan fingerprint density at radius 1 is 1.30 bits per heavy atom. The summed E-state index contributed by atoms with van der Waals surface area (Å²) in [4.78, 5) is 3.67. The first-order valence-corrected chi connectivity index (χ1v) is 6.84. The molecular weight excluding hydrogens is 334 g/mol. The van der Waals surface area contributed by atoms with Gasteiger partial charge in [0.05, 0.1) is 6.04 Å². The Balaban J connectivity index is 2.40. The van der Waals surface area contributed by atoms with Crippen LogP contribution in [0.25, 0.3) is 0 Å². The first kappa shape index (κ1) is 15.5. The summed E-state index contributed by atoms with van der Waals surface area (Å²) >= 11 is 12.3. The van der Waals surface area contributed by atoms with E-state index in [0.717, 1.165) is 6.20 Å². The van der Waals surface area contributed by atoms with Crippen molar-refractivity contribution in [3.05, 3.63) is 49.9 Å². The quantitative estimate of drug-likeness (QED) is 0.654. The molecule has 1 aromatic heterocycles. The Bertz CT molecular complexity index is 615. The van der Waals surface area contributed by atoms with Crippen molar-refractivity contribution in [2.75, 3.05) is 0 Å². The van der Waals surface area contributed by atoms with E-state index in [1.807, 2.05) is 0 Å². The fourth-order valence-corrected chi connectivity index (χ4v) is 2.99. The molecule has 3 N–H and O–H groups in total. The van der Waals surface area contributed by atoms with Crippen LogP contribution in [0, 0.1) is 0 Å². The number of nitrogens with zero attached hydrogens (tertiary/aromatic N) is 1. The van der Waals surface area contributed by atoms with Crippen LogP contribution in [0.4, 0.5) is 13.2 Å². The van der Waals surface area contributed by atoms with E-state index in [1.54, 1.807) is 12.1 Å². The fraction of sp³-hybridized carbons (Fsp3) is 0.182. The Morgan fingerprint density at radius 3 is 2.50 bits per heavy atom. The third-order valence-electron chi connectivity index (χ3n) is 2.49. The van der Waals surface area contributed by atoms with Gasteiger partial charge in [0.25, 0.3) is 0 Å². The van der Waals surface area contributed by atoms with Crippen LogP contribution >= 0.6 is 34.5 Å². The Morgan fingerprint density at radius 2 is 2.00 bits per heavy atom. The van der Waals surface area contributed by atoms with E-state index in [9.17, 15) is 13.2 Å². The van der Waals surface area contributed by atoms with Crippen LogP contribution < -0.4 is 11.3 Å². The lowest BCUT2D eigenvalue weighted by molar-refractivity contribution is -0.137. The van der Waals surface area contributed by atoms with Crippen molar-refractivity contribution in [3.8, 4) is 0 Å². The number of nitrogens with one attached hydrogen (secondary N) is 1. The van der Waals surface area contributed by atoms with Crippen LogP contribution in [0.5, 0.6) is 0 Å². The van der Waals surface area contributed by atoms with E-state index >= 15 is 0 Å². The van der Waals surface area contributed by atoms with E-state index in [-0.39, 0.29) is 0 Å². The average molecular weight is 342 g/mol. The van der Waals surface area contributed by atoms with E-state index < -0.39 is 17.2 Å². The van der Waals surface area contributed by atoms with Crippen LogP contribution in [0.3, 0.4) is 0 Å². The van der Waals surface area contributed by atoms with Crippen molar-refractivity contribution < 1.29 is 13.2 Å². The molecule has 0 saturated heterocycles. The molecule has 3 nitrogen and oxygen atoms in total. The molecule has 9 heteroatoms. The molecule has 0 aliphatic carbocycles.